The van der Waals surface area contributed by atoms with E-state index in [9.17, 15) is 4.79 Å². The van der Waals surface area contributed by atoms with Crippen LogP contribution in [0, 0.1) is 167 Å². The molecule has 0 aromatic rings. The normalized spacial score (nSPS) is 5.76. The average Bonchev–Trinajstić information content (AvgIpc) is 2.92. The maximum Gasteiger partial charge on any atom is 0.179 e. The van der Waals surface area contributed by atoms with Crippen molar-refractivity contribution in [3.05, 3.63) is 0 Å². The SMILES string of the molecule is C#CC#CC#CC#CC#CC#CC#CN(C#CC#CC#CC#CC#CC#CC#C)CC(=O)COCCOC. The fraction of sp³-hybridized carbons (Fsp3) is 0.147. The highest BCUT2D eigenvalue weighted by atomic mass is 16.5. The number of carbonyl (C=O) groups excluding carboxylic acids is 1. The van der Waals surface area contributed by atoms with Crippen LogP contribution in [0.1, 0.15) is 0 Å². The van der Waals surface area contributed by atoms with E-state index in [-0.39, 0.29) is 25.5 Å². The zero-order valence-corrected chi connectivity index (χ0v) is 20.2. The maximum atomic E-state index is 12.1. The van der Waals surface area contributed by atoms with Crippen molar-refractivity contribution in [2.24, 2.45) is 0 Å². The van der Waals surface area contributed by atoms with Gasteiger partial charge in [0.05, 0.1) is 13.2 Å². The van der Waals surface area contributed by atoms with Gasteiger partial charge in [-0.1, -0.05) is 0 Å². The molecule has 0 saturated carbocycles. The molecular formula is C34H13NO3. The minimum atomic E-state index is -0.253. The molecule has 0 saturated heterocycles. The highest BCUT2D eigenvalue weighted by Crippen LogP contribution is 1.87. The first kappa shape index (κ1) is 31.2. The van der Waals surface area contributed by atoms with E-state index in [2.05, 4.69) is 154 Å². The summed E-state index contributed by atoms with van der Waals surface area (Å²) in [4.78, 5) is 13.3. The molecule has 0 aromatic heterocycles. The molecular weight excluding hydrogens is 470 g/mol. The molecule has 0 amide bonds. The molecule has 4 heteroatoms. The van der Waals surface area contributed by atoms with Crippen molar-refractivity contribution < 1.29 is 14.3 Å². The third-order valence-electron chi connectivity index (χ3n) is 2.81. The maximum absolute atomic E-state index is 12.1. The second-order valence-corrected chi connectivity index (χ2v) is 5.43. The number of Topliss-reactive ketones (excluding diaryl/α,β-unsaturated/α-hetero) is 1. The third-order valence-corrected chi connectivity index (χ3v) is 2.81. The molecule has 0 spiro atoms. The molecule has 0 heterocycles. The van der Waals surface area contributed by atoms with Gasteiger partial charge >= 0.3 is 0 Å². The topological polar surface area (TPSA) is 38.8 Å². The lowest BCUT2D eigenvalue weighted by Gasteiger charge is -2.08. The van der Waals surface area contributed by atoms with Crippen molar-refractivity contribution in [2.45, 2.75) is 0 Å². The molecule has 0 rings (SSSR count). The summed E-state index contributed by atoms with van der Waals surface area (Å²) in [7, 11) is 1.53. The van der Waals surface area contributed by atoms with E-state index in [1.165, 1.54) is 12.0 Å². The van der Waals surface area contributed by atoms with Gasteiger partial charge in [-0.05, 0) is 71.0 Å². The Bertz CT molecular complexity index is 1620. The fourth-order valence-electron chi connectivity index (χ4n) is 1.48. The van der Waals surface area contributed by atoms with E-state index in [4.69, 9.17) is 22.3 Å². The van der Waals surface area contributed by atoms with Gasteiger partial charge in [0.1, 0.15) is 13.2 Å². The monoisotopic (exact) mass is 483 g/mol. The Morgan fingerprint density at radius 2 is 0.895 bits per heavy atom. The first-order valence-corrected chi connectivity index (χ1v) is 10.0. The van der Waals surface area contributed by atoms with Crippen LogP contribution in [-0.2, 0) is 14.3 Å². The van der Waals surface area contributed by atoms with Crippen LogP contribution in [-0.4, -0.2) is 44.2 Å². The van der Waals surface area contributed by atoms with Gasteiger partial charge in [0.2, 0.25) is 0 Å². The minimum absolute atomic E-state index is 0.122. The molecule has 0 unspecified atom stereocenters. The molecule has 0 aliphatic carbocycles. The van der Waals surface area contributed by atoms with Crippen molar-refractivity contribution in [1.29, 1.82) is 0 Å². The lowest BCUT2D eigenvalue weighted by Crippen LogP contribution is -2.25. The lowest BCUT2D eigenvalue weighted by molar-refractivity contribution is -0.124. The van der Waals surface area contributed by atoms with E-state index < -0.39 is 0 Å². The molecule has 0 aromatic carbocycles. The summed E-state index contributed by atoms with van der Waals surface area (Å²) < 4.78 is 10.1. The zero-order valence-electron chi connectivity index (χ0n) is 20.2. The number of carbonyl (C=O) groups is 1. The van der Waals surface area contributed by atoms with Gasteiger partial charge in [0.15, 0.2) is 5.78 Å². The van der Waals surface area contributed by atoms with Crippen LogP contribution >= 0.6 is 0 Å². The summed E-state index contributed by atoms with van der Waals surface area (Å²) in [6.07, 6.45) is 9.90. The number of ketones is 1. The highest BCUT2D eigenvalue weighted by molar-refractivity contribution is 5.82. The first-order valence-electron chi connectivity index (χ1n) is 10.0. The number of hydrogen-bond acceptors (Lipinski definition) is 4. The summed E-state index contributed by atoms with van der Waals surface area (Å²) >= 11 is 0. The van der Waals surface area contributed by atoms with Gasteiger partial charge in [-0.2, -0.15) is 0 Å². The van der Waals surface area contributed by atoms with Crippen LogP contribution in [0.3, 0.4) is 0 Å². The zero-order chi connectivity index (χ0) is 27.8. The van der Waals surface area contributed by atoms with Crippen LogP contribution in [0.15, 0.2) is 0 Å². The van der Waals surface area contributed by atoms with Gasteiger partial charge in [-0.25, -0.2) is 0 Å². The third kappa shape index (κ3) is 23.9. The Morgan fingerprint density at radius 1 is 0.553 bits per heavy atom. The predicted octanol–water partition coefficient (Wildman–Crippen LogP) is -0.257. The second-order valence-electron chi connectivity index (χ2n) is 5.43. The summed E-state index contributed by atoms with van der Waals surface area (Å²) in [5, 5.41) is 0. The van der Waals surface area contributed by atoms with Gasteiger partial charge in [0, 0.05) is 90.2 Å². The van der Waals surface area contributed by atoms with E-state index in [0.29, 0.717) is 6.61 Å². The molecule has 0 radical (unpaired) electrons. The van der Waals surface area contributed by atoms with Gasteiger partial charge in [-0.3, -0.25) is 9.69 Å². The van der Waals surface area contributed by atoms with Crippen LogP contribution < -0.4 is 0 Å². The Morgan fingerprint density at radius 3 is 1.24 bits per heavy atom. The molecule has 0 fully saturated rings. The predicted molar refractivity (Wildman–Crippen MR) is 145 cm³/mol. The van der Waals surface area contributed by atoms with Crippen molar-refractivity contribution in [2.75, 3.05) is 33.5 Å². The molecule has 0 aliphatic rings. The van der Waals surface area contributed by atoms with Gasteiger partial charge < -0.3 is 9.47 Å². The van der Waals surface area contributed by atoms with Crippen LogP contribution in [0.4, 0.5) is 0 Å². The summed E-state index contributed by atoms with van der Waals surface area (Å²) in [6, 6.07) is 5.27. The molecule has 172 valence electrons. The molecule has 0 bridgehead atoms. The first-order chi connectivity index (χ1) is 18.7. The van der Waals surface area contributed by atoms with Gasteiger partial charge in [0.25, 0.3) is 0 Å². The molecule has 4 nitrogen and oxygen atoms in total. The van der Waals surface area contributed by atoms with Crippen molar-refractivity contribution in [3.8, 4) is 167 Å². The fourth-order valence-corrected chi connectivity index (χ4v) is 1.48. The van der Waals surface area contributed by atoms with E-state index in [0.717, 1.165) is 0 Å². The molecule has 0 N–H and O–H groups in total. The number of ether oxygens (including phenoxy) is 2. The van der Waals surface area contributed by atoms with Crippen LogP contribution in [0.25, 0.3) is 0 Å². The van der Waals surface area contributed by atoms with Crippen molar-refractivity contribution >= 4 is 5.78 Å². The second kappa shape index (κ2) is 26.5. The Balaban J connectivity index is 5.29. The van der Waals surface area contributed by atoms with E-state index in [1.54, 1.807) is 0 Å². The minimum Gasteiger partial charge on any atom is -0.382 e. The highest BCUT2D eigenvalue weighted by Gasteiger charge is 2.06. The Labute approximate surface area is 225 Å². The number of hydrogen-bond donors (Lipinski definition) is 0. The van der Waals surface area contributed by atoms with E-state index in [1.807, 2.05) is 0 Å². The number of terminal acetylenes is 2. The average molecular weight is 483 g/mol. The summed E-state index contributed by atoms with van der Waals surface area (Å²) in [5.41, 5.74) is 0. The smallest absolute Gasteiger partial charge is 0.179 e. The van der Waals surface area contributed by atoms with Crippen LogP contribution in [0.5, 0.6) is 0 Å². The molecule has 0 aliphatic heterocycles. The summed E-state index contributed by atoms with van der Waals surface area (Å²) in [5.74, 6) is 58.2. The summed E-state index contributed by atoms with van der Waals surface area (Å²) in [6.45, 7) is 0.404. The van der Waals surface area contributed by atoms with Crippen molar-refractivity contribution in [1.82, 2.24) is 4.90 Å². The van der Waals surface area contributed by atoms with Gasteiger partial charge in [-0.15, -0.1) is 12.8 Å². The number of nitrogens with zero attached hydrogens (tertiary/aromatic N) is 1. The number of rotatable bonds is 7. The molecule has 38 heavy (non-hydrogen) atoms. The standard InChI is InChI=1S/C34H13NO3/c1-4-6-8-10-12-14-16-18-20-22-24-26-28-35(32-34(36)33-38-31-30-37-3)29-27-25-23-21-19-17-15-13-11-9-7-5-2/h1-2H,30-33H2,3H3. The molecule has 0 atom stereocenters. The quantitative estimate of drug-likeness (QED) is 0.284. The lowest BCUT2D eigenvalue weighted by atomic mass is 10.4. The van der Waals surface area contributed by atoms with Crippen LogP contribution in [0.2, 0.25) is 0 Å². The Hall–Kier alpha value is -6.77. The number of methoxy groups -OCH3 is 1. The van der Waals surface area contributed by atoms with Crippen molar-refractivity contribution in [3.63, 3.8) is 0 Å². The largest absolute Gasteiger partial charge is 0.382 e. The Kier molecular flexibility index (Phi) is 21.8. The van der Waals surface area contributed by atoms with E-state index >= 15 is 0 Å².